The van der Waals surface area contributed by atoms with E-state index in [0.717, 1.165) is 18.6 Å². The zero-order valence-electron chi connectivity index (χ0n) is 14.3. The summed E-state index contributed by atoms with van der Waals surface area (Å²) in [6.45, 7) is 4.00. The minimum atomic E-state index is -3.92. The van der Waals surface area contributed by atoms with Crippen molar-refractivity contribution >= 4 is 21.6 Å². The van der Waals surface area contributed by atoms with Crippen LogP contribution in [0, 0.1) is 5.82 Å². The zero-order valence-corrected chi connectivity index (χ0v) is 16.0. The van der Waals surface area contributed by atoms with E-state index in [1.54, 1.807) is 12.1 Å². The van der Waals surface area contributed by atoms with E-state index in [1.807, 2.05) is 32.0 Å². The first-order valence-electron chi connectivity index (χ1n) is 8.15. The summed E-state index contributed by atoms with van der Waals surface area (Å²) in [5, 5.41) is 0.282. The summed E-state index contributed by atoms with van der Waals surface area (Å²) in [5.74, 6) is -0.250. The number of aromatic nitrogens is 1. The maximum atomic E-state index is 13.2. The summed E-state index contributed by atoms with van der Waals surface area (Å²) in [6, 6.07) is 13.8. The Hall–Kier alpha value is -2.12. The lowest BCUT2D eigenvalue weighted by Crippen LogP contribution is -2.05. The van der Waals surface area contributed by atoms with Gasteiger partial charge < -0.3 is 4.42 Å². The number of benzene rings is 2. The third-order valence-electron chi connectivity index (χ3n) is 3.85. The van der Waals surface area contributed by atoms with E-state index in [2.05, 4.69) is 4.98 Å². The largest absolute Gasteiger partial charge is 0.428 e. The van der Waals surface area contributed by atoms with Crippen LogP contribution >= 0.6 is 11.8 Å². The number of halogens is 1. The number of thioether (sulfide) groups is 1. The Labute approximate surface area is 156 Å². The van der Waals surface area contributed by atoms with Gasteiger partial charge in [-0.1, -0.05) is 43.8 Å². The van der Waals surface area contributed by atoms with Crippen LogP contribution in [0.15, 0.2) is 74.0 Å². The summed E-state index contributed by atoms with van der Waals surface area (Å²) < 4.78 is 45.0. The molecule has 0 unspecified atom stereocenters. The van der Waals surface area contributed by atoms with Gasteiger partial charge in [-0.15, -0.1) is 0 Å². The normalized spacial score (nSPS) is 12.9. The van der Waals surface area contributed by atoms with Gasteiger partial charge in [0.1, 0.15) is 5.82 Å². The number of hydrogen-bond donors (Lipinski definition) is 0. The molecule has 0 aliphatic heterocycles. The van der Waals surface area contributed by atoms with Crippen molar-refractivity contribution < 1.29 is 17.2 Å². The highest BCUT2D eigenvalue weighted by molar-refractivity contribution is 8.00. The molecule has 7 heteroatoms. The Kier molecular flexibility index (Phi) is 5.48. The molecule has 1 aromatic heterocycles. The molecule has 0 spiro atoms. The summed E-state index contributed by atoms with van der Waals surface area (Å²) in [5.41, 5.74) is 0.694. The number of rotatable bonds is 6. The van der Waals surface area contributed by atoms with Gasteiger partial charge in [0.25, 0.3) is 0 Å². The smallest absolute Gasteiger partial charge is 0.228 e. The van der Waals surface area contributed by atoms with Crippen molar-refractivity contribution in [2.45, 2.75) is 40.5 Å². The molecule has 0 aliphatic carbocycles. The highest BCUT2D eigenvalue weighted by Crippen LogP contribution is 2.37. The van der Waals surface area contributed by atoms with E-state index in [4.69, 9.17) is 4.42 Å². The van der Waals surface area contributed by atoms with Crippen molar-refractivity contribution in [1.29, 1.82) is 0 Å². The van der Waals surface area contributed by atoms with Crippen molar-refractivity contribution in [3.63, 3.8) is 0 Å². The van der Waals surface area contributed by atoms with Crippen molar-refractivity contribution in [3.05, 3.63) is 60.4 Å². The van der Waals surface area contributed by atoms with Crippen molar-refractivity contribution in [1.82, 2.24) is 4.98 Å². The number of nitrogens with zero attached hydrogens (tertiary/aromatic N) is 1. The van der Waals surface area contributed by atoms with Crippen LogP contribution in [0.25, 0.3) is 11.5 Å². The van der Waals surface area contributed by atoms with E-state index >= 15 is 0 Å². The monoisotopic (exact) mass is 391 g/mol. The van der Waals surface area contributed by atoms with Gasteiger partial charge in [-0.25, -0.2) is 12.8 Å². The van der Waals surface area contributed by atoms with Crippen LogP contribution in [0.2, 0.25) is 0 Å². The lowest BCUT2D eigenvalue weighted by atomic mass is 10.2. The lowest BCUT2D eigenvalue weighted by Gasteiger charge is -2.07. The predicted molar refractivity (Wildman–Crippen MR) is 99.4 cm³/mol. The summed E-state index contributed by atoms with van der Waals surface area (Å²) in [7, 11) is -3.92. The van der Waals surface area contributed by atoms with E-state index in [9.17, 15) is 12.8 Å². The first-order chi connectivity index (χ1) is 12.4. The molecule has 3 rings (SSSR count). The Morgan fingerprint density at radius 1 is 1.12 bits per heavy atom. The van der Waals surface area contributed by atoms with Crippen LogP contribution in [0.5, 0.6) is 0 Å². The first kappa shape index (κ1) is 18.7. The molecule has 3 aromatic rings. The number of hydrogen-bond acceptors (Lipinski definition) is 5. The van der Waals surface area contributed by atoms with Crippen molar-refractivity contribution in [2.24, 2.45) is 0 Å². The van der Waals surface area contributed by atoms with Crippen LogP contribution in [0.1, 0.15) is 20.3 Å². The van der Waals surface area contributed by atoms with Gasteiger partial charge in [-0.3, -0.25) is 0 Å². The van der Waals surface area contributed by atoms with Crippen LogP contribution < -0.4 is 0 Å². The molecule has 136 valence electrons. The van der Waals surface area contributed by atoms with Gasteiger partial charge >= 0.3 is 0 Å². The minimum Gasteiger partial charge on any atom is -0.428 e. The fourth-order valence-corrected chi connectivity index (χ4v) is 4.69. The minimum absolute atomic E-state index is 0.0159. The van der Waals surface area contributed by atoms with Crippen LogP contribution in [0.4, 0.5) is 4.39 Å². The molecule has 0 bridgehead atoms. The highest BCUT2D eigenvalue weighted by Gasteiger charge is 2.29. The molecular weight excluding hydrogens is 373 g/mol. The third kappa shape index (κ3) is 3.83. The summed E-state index contributed by atoms with van der Waals surface area (Å²) in [4.78, 5) is 4.25. The molecule has 0 fully saturated rings. The maximum absolute atomic E-state index is 13.2. The number of sulfone groups is 1. The van der Waals surface area contributed by atoms with Gasteiger partial charge in [0.15, 0.2) is 0 Å². The van der Waals surface area contributed by atoms with Gasteiger partial charge in [0.05, 0.1) is 4.90 Å². The van der Waals surface area contributed by atoms with Crippen molar-refractivity contribution in [2.75, 3.05) is 0 Å². The maximum Gasteiger partial charge on any atom is 0.228 e. The molecule has 0 saturated carbocycles. The molecule has 0 amide bonds. The Morgan fingerprint density at radius 2 is 1.77 bits per heavy atom. The zero-order chi connectivity index (χ0) is 18.7. The van der Waals surface area contributed by atoms with E-state index < -0.39 is 15.7 Å². The van der Waals surface area contributed by atoms with Crippen molar-refractivity contribution in [3.8, 4) is 11.5 Å². The fourth-order valence-electron chi connectivity index (χ4n) is 2.23. The molecule has 2 aromatic carbocycles. The average molecular weight is 391 g/mol. The summed E-state index contributed by atoms with van der Waals surface area (Å²) >= 11 is 1.33. The number of oxazole rings is 1. The molecular formula is C19H18FNO3S2. The second kappa shape index (κ2) is 7.63. The lowest BCUT2D eigenvalue weighted by molar-refractivity contribution is 0.469. The molecule has 0 N–H and O–H groups in total. The Balaban J connectivity index is 2.12. The van der Waals surface area contributed by atoms with E-state index in [0.29, 0.717) is 5.56 Å². The van der Waals surface area contributed by atoms with E-state index in [-0.39, 0.29) is 26.2 Å². The average Bonchev–Trinajstić information content (AvgIpc) is 3.07. The van der Waals surface area contributed by atoms with Crippen LogP contribution in [0.3, 0.4) is 0 Å². The van der Waals surface area contributed by atoms with Gasteiger partial charge in [0, 0.05) is 10.8 Å². The van der Waals surface area contributed by atoms with Gasteiger partial charge in [0.2, 0.25) is 25.8 Å². The van der Waals surface area contributed by atoms with Crippen LogP contribution in [-0.4, -0.2) is 18.7 Å². The van der Waals surface area contributed by atoms with Crippen LogP contribution in [-0.2, 0) is 9.84 Å². The Morgan fingerprint density at radius 3 is 2.38 bits per heavy atom. The SMILES string of the molecule is CC[C@@H](C)Sc1oc(-c2ccccc2)nc1S(=O)(=O)c1ccc(F)cc1. The molecule has 1 atom stereocenters. The second-order valence-corrected chi connectivity index (χ2v) is 9.05. The molecule has 0 saturated heterocycles. The molecule has 0 aliphatic rings. The molecule has 4 nitrogen and oxygen atoms in total. The standard InChI is InChI=1S/C19H18FNO3S2/c1-3-13(2)25-19-18(21-17(24-19)14-7-5-4-6-8-14)26(22,23)16-11-9-15(20)10-12-16/h4-13H,3H2,1-2H3/t13-/m1/s1. The molecule has 0 radical (unpaired) electrons. The first-order valence-corrected chi connectivity index (χ1v) is 10.5. The summed E-state index contributed by atoms with van der Waals surface area (Å²) in [6.07, 6.45) is 0.849. The quantitative estimate of drug-likeness (QED) is 0.427. The van der Waals surface area contributed by atoms with Gasteiger partial charge in [-0.2, -0.15) is 4.98 Å². The van der Waals surface area contributed by atoms with E-state index in [1.165, 1.54) is 23.9 Å². The van der Waals surface area contributed by atoms with Gasteiger partial charge in [-0.05, 0) is 42.8 Å². The molecule has 1 heterocycles. The highest BCUT2D eigenvalue weighted by atomic mass is 32.2. The second-order valence-electron chi connectivity index (χ2n) is 5.77. The molecule has 26 heavy (non-hydrogen) atoms. The predicted octanol–water partition coefficient (Wildman–Crippen LogP) is 5.20. The topological polar surface area (TPSA) is 60.2 Å². The Bertz CT molecular complexity index is 983. The third-order valence-corrected chi connectivity index (χ3v) is 6.88. The fraction of sp³-hybridized carbons (Fsp3) is 0.211.